The van der Waals surface area contributed by atoms with E-state index in [-0.39, 0.29) is 11.6 Å². The van der Waals surface area contributed by atoms with Gasteiger partial charge in [-0.05, 0) is 41.3 Å². The molecular weight excluding hydrogens is 235 g/mol. The lowest BCUT2D eigenvalue weighted by atomic mass is 10.0. The maximum Gasteiger partial charge on any atom is 0.123 e. The monoisotopic (exact) mass is 244 g/mol. The van der Waals surface area contributed by atoms with Crippen LogP contribution in [0.15, 0.2) is 47.8 Å². The Bertz CT molecular complexity index is 670. The highest BCUT2D eigenvalue weighted by molar-refractivity contribution is 7.17. The molecule has 0 unspecified atom stereocenters. The molecule has 0 saturated heterocycles. The Balaban J connectivity index is 2.21. The molecule has 0 aliphatic heterocycles. The summed E-state index contributed by atoms with van der Waals surface area (Å²) in [5.74, 6) is 0.0379. The molecule has 0 bridgehead atoms. The number of phenols is 1. The van der Waals surface area contributed by atoms with Gasteiger partial charge in [0.15, 0.2) is 0 Å². The smallest absolute Gasteiger partial charge is 0.123 e. The van der Waals surface area contributed by atoms with Gasteiger partial charge in [-0.15, -0.1) is 11.3 Å². The topological polar surface area (TPSA) is 20.2 Å². The molecule has 0 radical (unpaired) electrons. The van der Waals surface area contributed by atoms with Gasteiger partial charge >= 0.3 is 0 Å². The van der Waals surface area contributed by atoms with Crippen LogP contribution in [0.2, 0.25) is 0 Å². The third-order valence-electron chi connectivity index (χ3n) is 2.71. The van der Waals surface area contributed by atoms with Crippen LogP contribution in [0.4, 0.5) is 4.39 Å². The lowest BCUT2D eigenvalue weighted by Gasteiger charge is -2.00. The quantitative estimate of drug-likeness (QED) is 0.672. The van der Waals surface area contributed by atoms with Crippen molar-refractivity contribution in [2.75, 3.05) is 0 Å². The normalized spacial score (nSPS) is 10.9. The van der Waals surface area contributed by atoms with Gasteiger partial charge in [-0.3, -0.25) is 0 Å². The SMILES string of the molecule is Oc1ccc2c(-c3ccc(F)cc3)csc2c1. The first-order chi connectivity index (χ1) is 8.24. The first kappa shape index (κ1) is 10.3. The molecular formula is C14H9FOS. The Morgan fingerprint density at radius 3 is 2.53 bits per heavy atom. The van der Waals surface area contributed by atoms with Gasteiger partial charge < -0.3 is 5.11 Å². The Labute approximate surface area is 102 Å². The number of halogens is 1. The molecule has 1 nitrogen and oxygen atoms in total. The fraction of sp³-hybridized carbons (Fsp3) is 0. The molecule has 3 heteroatoms. The van der Waals surface area contributed by atoms with Gasteiger partial charge in [0.25, 0.3) is 0 Å². The van der Waals surface area contributed by atoms with E-state index in [0.29, 0.717) is 0 Å². The lowest BCUT2D eigenvalue weighted by Crippen LogP contribution is -1.77. The van der Waals surface area contributed by atoms with Crippen molar-refractivity contribution in [1.82, 2.24) is 0 Å². The average Bonchev–Trinajstić information content (AvgIpc) is 2.73. The maximum atomic E-state index is 12.9. The summed E-state index contributed by atoms with van der Waals surface area (Å²) in [7, 11) is 0. The Hall–Kier alpha value is -1.87. The van der Waals surface area contributed by atoms with Crippen LogP contribution in [0.25, 0.3) is 21.2 Å². The van der Waals surface area contributed by atoms with Crippen LogP contribution in [-0.2, 0) is 0 Å². The molecule has 0 fully saturated rings. The Morgan fingerprint density at radius 2 is 1.76 bits per heavy atom. The van der Waals surface area contributed by atoms with Gasteiger partial charge in [0, 0.05) is 15.6 Å². The number of rotatable bonds is 1. The number of fused-ring (bicyclic) bond motifs is 1. The largest absolute Gasteiger partial charge is 0.508 e. The molecule has 17 heavy (non-hydrogen) atoms. The third-order valence-corrected chi connectivity index (χ3v) is 3.66. The first-order valence-corrected chi connectivity index (χ1v) is 6.08. The second-order valence-corrected chi connectivity index (χ2v) is 4.75. The lowest BCUT2D eigenvalue weighted by molar-refractivity contribution is 0.476. The molecule has 1 aromatic heterocycles. The fourth-order valence-corrected chi connectivity index (χ4v) is 2.87. The van der Waals surface area contributed by atoms with Crippen LogP contribution in [0.3, 0.4) is 0 Å². The second kappa shape index (κ2) is 3.86. The third kappa shape index (κ3) is 1.78. The summed E-state index contributed by atoms with van der Waals surface area (Å²) in [5.41, 5.74) is 2.06. The van der Waals surface area contributed by atoms with Crippen molar-refractivity contribution in [2.45, 2.75) is 0 Å². The van der Waals surface area contributed by atoms with E-state index in [0.717, 1.165) is 21.2 Å². The van der Waals surface area contributed by atoms with Crippen molar-refractivity contribution in [2.24, 2.45) is 0 Å². The first-order valence-electron chi connectivity index (χ1n) is 5.20. The summed E-state index contributed by atoms with van der Waals surface area (Å²) in [5, 5.41) is 12.5. The van der Waals surface area contributed by atoms with E-state index < -0.39 is 0 Å². The second-order valence-electron chi connectivity index (χ2n) is 3.84. The van der Waals surface area contributed by atoms with Gasteiger partial charge in [-0.1, -0.05) is 12.1 Å². The Morgan fingerprint density at radius 1 is 1.00 bits per heavy atom. The van der Waals surface area contributed by atoms with Crippen molar-refractivity contribution >= 4 is 21.4 Å². The van der Waals surface area contributed by atoms with E-state index in [2.05, 4.69) is 0 Å². The number of benzene rings is 2. The van der Waals surface area contributed by atoms with E-state index >= 15 is 0 Å². The molecule has 0 spiro atoms. The molecule has 3 rings (SSSR count). The van der Waals surface area contributed by atoms with E-state index in [1.165, 1.54) is 12.1 Å². The predicted molar refractivity (Wildman–Crippen MR) is 68.9 cm³/mol. The highest BCUT2D eigenvalue weighted by Gasteiger charge is 2.06. The van der Waals surface area contributed by atoms with Crippen molar-refractivity contribution in [1.29, 1.82) is 0 Å². The molecule has 0 aliphatic carbocycles. The molecule has 0 atom stereocenters. The van der Waals surface area contributed by atoms with Crippen LogP contribution in [-0.4, -0.2) is 5.11 Å². The minimum Gasteiger partial charge on any atom is -0.508 e. The summed E-state index contributed by atoms with van der Waals surface area (Å²) in [6, 6.07) is 11.8. The zero-order chi connectivity index (χ0) is 11.8. The minimum absolute atomic E-state index is 0.231. The van der Waals surface area contributed by atoms with Crippen molar-refractivity contribution in [3.8, 4) is 16.9 Å². The van der Waals surface area contributed by atoms with Crippen LogP contribution in [0.5, 0.6) is 5.75 Å². The number of hydrogen-bond donors (Lipinski definition) is 1. The highest BCUT2D eigenvalue weighted by Crippen LogP contribution is 2.35. The number of thiophene rings is 1. The summed E-state index contributed by atoms with van der Waals surface area (Å²) >= 11 is 1.57. The highest BCUT2D eigenvalue weighted by atomic mass is 32.1. The molecule has 2 aromatic carbocycles. The molecule has 1 N–H and O–H groups in total. The van der Waals surface area contributed by atoms with E-state index in [4.69, 9.17) is 0 Å². The summed E-state index contributed by atoms with van der Waals surface area (Å²) in [4.78, 5) is 0. The number of hydrogen-bond acceptors (Lipinski definition) is 2. The summed E-state index contributed by atoms with van der Waals surface area (Å²) in [6.07, 6.45) is 0. The van der Waals surface area contributed by atoms with Crippen molar-refractivity contribution < 1.29 is 9.50 Å². The van der Waals surface area contributed by atoms with Crippen molar-refractivity contribution in [3.63, 3.8) is 0 Å². The van der Waals surface area contributed by atoms with Gasteiger partial charge in [-0.2, -0.15) is 0 Å². The van der Waals surface area contributed by atoms with Gasteiger partial charge in [0.05, 0.1) is 0 Å². The molecule has 84 valence electrons. The summed E-state index contributed by atoms with van der Waals surface area (Å²) < 4.78 is 13.9. The molecule has 0 aliphatic rings. The van der Waals surface area contributed by atoms with Crippen LogP contribution < -0.4 is 0 Å². The average molecular weight is 244 g/mol. The minimum atomic E-state index is -0.231. The number of phenolic OH excluding ortho intramolecular Hbond substituents is 1. The van der Waals surface area contributed by atoms with Gasteiger partial charge in [0.2, 0.25) is 0 Å². The van der Waals surface area contributed by atoms with Gasteiger partial charge in [0.1, 0.15) is 11.6 Å². The van der Waals surface area contributed by atoms with E-state index in [1.54, 1.807) is 35.6 Å². The number of aromatic hydroxyl groups is 1. The fourth-order valence-electron chi connectivity index (χ4n) is 1.87. The standard InChI is InChI=1S/C14H9FOS/c15-10-3-1-9(2-4-10)13-8-17-14-7-11(16)5-6-12(13)14/h1-8,16H. The molecule has 0 saturated carbocycles. The van der Waals surface area contributed by atoms with Gasteiger partial charge in [-0.25, -0.2) is 4.39 Å². The van der Waals surface area contributed by atoms with Crippen LogP contribution >= 0.6 is 11.3 Å². The zero-order valence-electron chi connectivity index (χ0n) is 8.85. The van der Waals surface area contributed by atoms with Crippen LogP contribution in [0.1, 0.15) is 0 Å². The van der Waals surface area contributed by atoms with E-state index in [1.807, 2.05) is 11.4 Å². The Kier molecular flexibility index (Phi) is 2.34. The van der Waals surface area contributed by atoms with Crippen molar-refractivity contribution in [3.05, 3.63) is 53.7 Å². The maximum absolute atomic E-state index is 12.9. The molecule has 0 amide bonds. The summed E-state index contributed by atoms with van der Waals surface area (Å²) in [6.45, 7) is 0. The molecule has 3 aromatic rings. The predicted octanol–water partition coefficient (Wildman–Crippen LogP) is 4.41. The van der Waals surface area contributed by atoms with Crippen LogP contribution in [0, 0.1) is 5.82 Å². The molecule has 1 heterocycles. The van der Waals surface area contributed by atoms with E-state index in [9.17, 15) is 9.50 Å². The zero-order valence-corrected chi connectivity index (χ0v) is 9.67.